The predicted octanol–water partition coefficient (Wildman–Crippen LogP) is 1.50. The van der Waals surface area contributed by atoms with Crippen LogP contribution in [0.25, 0.3) is 0 Å². The molecule has 0 saturated carbocycles. The molecule has 1 fully saturated rings. The Hall–Kier alpha value is -0.900. The lowest BCUT2D eigenvalue weighted by atomic mass is 10.1. The molecule has 2 rings (SSSR count). The molecule has 3 nitrogen and oxygen atoms in total. The molecule has 0 bridgehead atoms. The molecule has 94 valence electrons. The number of likely N-dealkylation sites (N-methyl/N-ethyl adjacent to an activating group) is 1. The molecular weight excluding hydrogens is 212 g/mol. The second kappa shape index (κ2) is 6.15. The third-order valence-electron chi connectivity index (χ3n) is 3.44. The first-order chi connectivity index (χ1) is 8.29. The average Bonchev–Trinajstić information content (AvgIpc) is 2.39. The highest BCUT2D eigenvalue weighted by atomic mass is 16.5. The minimum atomic E-state index is 0.303. The van der Waals surface area contributed by atoms with E-state index in [1.165, 1.54) is 5.56 Å². The highest BCUT2D eigenvalue weighted by Crippen LogP contribution is 2.12. The molecule has 1 heterocycles. The van der Waals surface area contributed by atoms with Crippen molar-refractivity contribution in [1.82, 2.24) is 10.2 Å². The van der Waals surface area contributed by atoms with Gasteiger partial charge in [0.2, 0.25) is 0 Å². The maximum atomic E-state index is 5.79. The molecule has 0 aromatic heterocycles. The second-order valence-corrected chi connectivity index (χ2v) is 4.71. The number of morpholine rings is 1. The van der Waals surface area contributed by atoms with E-state index in [1.54, 1.807) is 0 Å². The van der Waals surface area contributed by atoms with Gasteiger partial charge in [-0.1, -0.05) is 30.3 Å². The van der Waals surface area contributed by atoms with Crippen LogP contribution in [0.3, 0.4) is 0 Å². The van der Waals surface area contributed by atoms with Crippen LogP contribution in [-0.4, -0.2) is 43.8 Å². The van der Waals surface area contributed by atoms with E-state index in [2.05, 4.69) is 47.5 Å². The average molecular weight is 234 g/mol. The number of hydrogen-bond acceptors (Lipinski definition) is 3. The summed E-state index contributed by atoms with van der Waals surface area (Å²) in [6, 6.07) is 11.0. The number of nitrogens with zero attached hydrogens (tertiary/aromatic N) is 1. The summed E-state index contributed by atoms with van der Waals surface area (Å²) >= 11 is 0. The van der Waals surface area contributed by atoms with E-state index < -0.39 is 0 Å². The van der Waals surface area contributed by atoms with Crippen molar-refractivity contribution in [3.63, 3.8) is 0 Å². The topological polar surface area (TPSA) is 24.5 Å². The van der Waals surface area contributed by atoms with Crippen molar-refractivity contribution in [3.05, 3.63) is 35.9 Å². The van der Waals surface area contributed by atoms with Crippen LogP contribution in [0.4, 0.5) is 0 Å². The summed E-state index contributed by atoms with van der Waals surface area (Å²) in [6.45, 7) is 6.08. The van der Waals surface area contributed by atoms with Crippen LogP contribution >= 0.6 is 0 Å². The molecule has 1 saturated heterocycles. The first kappa shape index (κ1) is 12.6. The third kappa shape index (κ3) is 3.53. The van der Waals surface area contributed by atoms with Crippen molar-refractivity contribution in [2.24, 2.45) is 0 Å². The van der Waals surface area contributed by atoms with Gasteiger partial charge in [-0.25, -0.2) is 0 Å². The van der Waals surface area contributed by atoms with E-state index in [0.717, 1.165) is 26.2 Å². The van der Waals surface area contributed by atoms with Gasteiger partial charge in [0.25, 0.3) is 0 Å². The predicted molar refractivity (Wildman–Crippen MR) is 70.0 cm³/mol. The Kier molecular flexibility index (Phi) is 4.54. The Morgan fingerprint density at radius 1 is 1.41 bits per heavy atom. The van der Waals surface area contributed by atoms with Crippen molar-refractivity contribution in [1.29, 1.82) is 0 Å². The van der Waals surface area contributed by atoms with E-state index in [9.17, 15) is 0 Å². The van der Waals surface area contributed by atoms with Crippen molar-refractivity contribution < 1.29 is 4.74 Å². The first-order valence-electron chi connectivity index (χ1n) is 6.34. The summed E-state index contributed by atoms with van der Waals surface area (Å²) in [5.41, 5.74) is 1.38. The van der Waals surface area contributed by atoms with Crippen molar-refractivity contribution in [3.8, 4) is 0 Å². The number of nitrogens with one attached hydrogen (secondary N) is 1. The van der Waals surface area contributed by atoms with Gasteiger partial charge in [0.15, 0.2) is 0 Å². The van der Waals surface area contributed by atoms with Crippen LogP contribution in [0.1, 0.15) is 12.5 Å². The van der Waals surface area contributed by atoms with Gasteiger partial charge in [0.1, 0.15) is 0 Å². The van der Waals surface area contributed by atoms with E-state index >= 15 is 0 Å². The summed E-state index contributed by atoms with van der Waals surface area (Å²) in [7, 11) is 1.99. The van der Waals surface area contributed by atoms with Gasteiger partial charge in [0.05, 0.1) is 12.7 Å². The fourth-order valence-electron chi connectivity index (χ4n) is 2.21. The zero-order chi connectivity index (χ0) is 12.1. The number of ether oxygens (including phenoxy) is 1. The second-order valence-electron chi connectivity index (χ2n) is 4.71. The van der Waals surface area contributed by atoms with Gasteiger partial charge in [-0.15, -0.1) is 0 Å². The van der Waals surface area contributed by atoms with Crippen LogP contribution in [0.15, 0.2) is 30.3 Å². The Morgan fingerprint density at radius 2 is 2.18 bits per heavy atom. The van der Waals surface area contributed by atoms with Gasteiger partial charge in [-0.3, -0.25) is 4.90 Å². The minimum absolute atomic E-state index is 0.303. The first-order valence-corrected chi connectivity index (χ1v) is 6.34. The van der Waals surface area contributed by atoms with E-state index in [4.69, 9.17) is 4.74 Å². The van der Waals surface area contributed by atoms with Crippen LogP contribution < -0.4 is 5.32 Å². The summed E-state index contributed by atoms with van der Waals surface area (Å²) < 4.78 is 5.79. The summed E-state index contributed by atoms with van der Waals surface area (Å²) in [6.07, 6.45) is 0.303. The normalized spacial score (nSPS) is 23.5. The SMILES string of the molecule is CN[C@H](C)[C@H]1CN(Cc2ccccc2)CCO1. The van der Waals surface area contributed by atoms with Gasteiger partial charge in [-0.05, 0) is 19.5 Å². The minimum Gasteiger partial charge on any atom is -0.374 e. The van der Waals surface area contributed by atoms with Crippen LogP contribution in [0, 0.1) is 0 Å². The highest BCUT2D eigenvalue weighted by molar-refractivity contribution is 5.14. The summed E-state index contributed by atoms with van der Waals surface area (Å²) in [5.74, 6) is 0. The molecule has 1 aliphatic heterocycles. The van der Waals surface area contributed by atoms with Crippen LogP contribution in [0.5, 0.6) is 0 Å². The smallest absolute Gasteiger partial charge is 0.0852 e. The Bertz CT molecular complexity index is 328. The molecule has 0 unspecified atom stereocenters. The molecule has 0 spiro atoms. The third-order valence-corrected chi connectivity index (χ3v) is 3.44. The molecule has 1 aromatic rings. The molecule has 2 atom stereocenters. The fraction of sp³-hybridized carbons (Fsp3) is 0.571. The highest BCUT2D eigenvalue weighted by Gasteiger charge is 2.24. The number of benzene rings is 1. The monoisotopic (exact) mass is 234 g/mol. The standard InChI is InChI=1S/C14H22N2O/c1-12(15-2)14-11-16(8-9-17-14)10-13-6-4-3-5-7-13/h3-7,12,14-15H,8-11H2,1-2H3/t12-,14-/m1/s1. The Morgan fingerprint density at radius 3 is 2.88 bits per heavy atom. The molecule has 1 aromatic carbocycles. The number of rotatable bonds is 4. The van der Waals surface area contributed by atoms with Crippen molar-refractivity contribution in [2.75, 3.05) is 26.7 Å². The van der Waals surface area contributed by atoms with Crippen LogP contribution in [0.2, 0.25) is 0 Å². The molecule has 1 aliphatic rings. The van der Waals surface area contributed by atoms with Crippen molar-refractivity contribution >= 4 is 0 Å². The fourth-order valence-corrected chi connectivity index (χ4v) is 2.21. The molecule has 0 amide bonds. The maximum Gasteiger partial charge on any atom is 0.0852 e. The lowest BCUT2D eigenvalue weighted by Crippen LogP contribution is -2.50. The molecule has 3 heteroatoms. The van der Waals surface area contributed by atoms with Gasteiger partial charge >= 0.3 is 0 Å². The maximum absolute atomic E-state index is 5.79. The molecule has 0 aliphatic carbocycles. The summed E-state index contributed by atoms with van der Waals surface area (Å²) in [5, 5.41) is 3.27. The molecule has 0 radical (unpaired) electrons. The zero-order valence-electron chi connectivity index (χ0n) is 10.7. The molecular formula is C14H22N2O. The summed E-state index contributed by atoms with van der Waals surface area (Å²) in [4.78, 5) is 2.47. The largest absolute Gasteiger partial charge is 0.374 e. The zero-order valence-corrected chi connectivity index (χ0v) is 10.7. The van der Waals surface area contributed by atoms with Gasteiger partial charge in [-0.2, -0.15) is 0 Å². The van der Waals surface area contributed by atoms with E-state index in [1.807, 2.05) is 7.05 Å². The Balaban J connectivity index is 1.89. The molecule has 1 N–H and O–H groups in total. The van der Waals surface area contributed by atoms with Crippen molar-refractivity contribution in [2.45, 2.75) is 25.6 Å². The lowest BCUT2D eigenvalue weighted by Gasteiger charge is -2.35. The molecule has 17 heavy (non-hydrogen) atoms. The lowest BCUT2D eigenvalue weighted by molar-refractivity contribution is -0.0449. The number of hydrogen-bond donors (Lipinski definition) is 1. The van der Waals surface area contributed by atoms with E-state index in [0.29, 0.717) is 12.1 Å². The Labute approximate surface area is 104 Å². The van der Waals surface area contributed by atoms with Gasteiger partial charge in [0, 0.05) is 25.7 Å². The van der Waals surface area contributed by atoms with E-state index in [-0.39, 0.29) is 0 Å². The van der Waals surface area contributed by atoms with Gasteiger partial charge < -0.3 is 10.1 Å². The van der Waals surface area contributed by atoms with Crippen LogP contribution in [-0.2, 0) is 11.3 Å². The quantitative estimate of drug-likeness (QED) is 0.854.